The maximum Gasteiger partial charge on any atom is 0.286 e. The molecule has 0 saturated carbocycles. The van der Waals surface area contributed by atoms with Crippen molar-refractivity contribution in [3.05, 3.63) is 108 Å². The number of nitrogens with one attached hydrogen (secondary N) is 1. The van der Waals surface area contributed by atoms with Crippen LogP contribution in [0.15, 0.2) is 106 Å². The third kappa shape index (κ3) is 4.20. The summed E-state index contributed by atoms with van der Waals surface area (Å²) in [6.07, 6.45) is 0. The summed E-state index contributed by atoms with van der Waals surface area (Å²) >= 11 is 0. The first-order chi connectivity index (χ1) is 14.0. The van der Waals surface area contributed by atoms with E-state index in [2.05, 4.69) is 9.08 Å². The molecule has 0 bridgehead atoms. The van der Waals surface area contributed by atoms with E-state index >= 15 is 0 Å². The summed E-state index contributed by atoms with van der Waals surface area (Å²) in [4.78, 5) is 13.2. The molecule has 0 spiro atoms. The van der Waals surface area contributed by atoms with Gasteiger partial charge in [-0.1, -0.05) is 66.2 Å². The van der Waals surface area contributed by atoms with E-state index in [1.807, 2.05) is 67.6 Å². The van der Waals surface area contributed by atoms with Crippen molar-refractivity contribution in [2.45, 2.75) is 11.8 Å². The van der Waals surface area contributed by atoms with Crippen molar-refractivity contribution >= 4 is 32.3 Å². The first-order valence-corrected chi connectivity index (χ1v) is 10.7. The number of aryl methyl sites for hydroxylation is 1. The van der Waals surface area contributed by atoms with Gasteiger partial charge in [-0.3, -0.25) is 9.52 Å². The van der Waals surface area contributed by atoms with Gasteiger partial charge in [0, 0.05) is 11.3 Å². The van der Waals surface area contributed by atoms with Gasteiger partial charge in [0.2, 0.25) is 0 Å². The van der Waals surface area contributed by atoms with Gasteiger partial charge in [0.05, 0.1) is 4.90 Å². The van der Waals surface area contributed by atoms with Crippen LogP contribution in [0.1, 0.15) is 15.9 Å². The van der Waals surface area contributed by atoms with Gasteiger partial charge in [-0.05, 0) is 54.1 Å². The lowest BCUT2D eigenvalue weighted by Gasteiger charge is -2.14. The minimum Gasteiger partial charge on any atom is -0.295 e. The fourth-order valence-corrected chi connectivity index (χ4v) is 4.58. The standard InChI is InChI=1S/C24H20N2O2S/c1-18-11-15-23(16-12-18)29(28,26-24(27)20-8-3-2-4-9-20)25-22-14-13-19-7-5-6-10-21(19)17-22/h2-17H,1H3,(H,25,26,27,28). The molecule has 4 rings (SSSR count). The van der Waals surface area contributed by atoms with E-state index in [1.165, 1.54) is 0 Å². The van der Waals surface area contributed by atoms with E-state index in [4.69, 9.17) is 0 Å². The Balaban J connectivity index is 1.81. The third-order valence-electron chi connectivity index (χ3n) is 4.58. The molecule has 1 amide bonds. The summed E-state index contributed by atoms with van der Waals surface area (Å²) in [6, 6.07) is 29.5. The number of hydrogen-bond donors (Lipinski definition) is 1. The number of carbonyl (C=O) groups excluding carboxylic acids is 1. The van der Waals surface area contributed by atoms with E-state index in [-0.39, 0.29) is 0 Å². The van der Waals surface area contributed by atoms with Gasteiger partial charge < -0.3 is 0 Å². The maximum absolute atomic E-state index is 13.9. The summed E-state index contributed by atoms with van der Waals surface area (Å²) in [6.45, 7) is 1.95. The molecule has 29 heavy (non-hydrogen) atoms. The van der Waals surface area contributed by atoms with E-state index in [0.717, 1.165) is 16.3 Å². The monoisotopic (exact) mass is 400 g/mol. The van der Waals surface area contributed by atoms with Gasteiger partial charge in [-0.25, -0.2) is 4.21 Å². The Labute approximate surface area is 170 Å². The van der Waals surface area contributed by atoms with Crippen LogP contribution < -0.4 is 4.72 Å². The molecule has 0 aliphatic rings. The second kappa shape index (κ2) is 7.89. The van der Waals surface area contributed by atoms with Gasteiger partial charge in [0.25, 0.3) is 5.91 Å². The van der Waals surface area contributed by atoms with Crippen molar-refractivity contribution in [3.63, 3.8) is 0 Å². The Hall–Kier alpha value is -3.44. The van der Waals surface area contributed by atoms with Crippen LogP contribution in [0.25, 0.3) is 10.8 Å². The van der Waals surface area contributed by atoms with Crippen molar-refractivity contribution in [1.29, 1.82) is 0 Å². The van der Waals surface area contributed by atoms with Crippen LogP contribution in [0.3, 0.4) is 0 Å². The number of amides is 1. The highest BCUT2D eigenvalue weighted by Gasteiger charge is 2.17. The molecule has 1 N–H and O–H groups in total. The summed E-state index contributed by atoms with van der Waals surface area (Å²) < 4.78 is 21.0. The lowest BCUT2D eigenvalue weighted by Crippen LogP contribution is -2.15. The van der Waals surface area contributed by atoms with Gasteiger partial charge in [-0.2, -0.15) is 0 Å². The smallest absolute Gasteiger partial charge is 0.286 e. The topological polar surface area (TPSA) is 58.5 Å². The Bertz CT molecular complexity index is 1290. The lowest BCUT2D eigenvalue weighted by molar-refractivity contribution is 0.100. The van der Waals surface area contributed by atoms with Crippen molar-refractivity contribution in [1.82, 2.24) is 0 Å². The van der Waals surface area contributed by atoms with E-state index in [9.17, 15) is 9.00 Å². The zero-order valence-corrected chi connectivity index (χ0v) is 16.7. The predicted molar refractivity (Wildman–Crippen MR) is 118 cm³/mol. The zero-order chi connectivity index (χ0) is 20.3. The second-order valence-corrected chi connectivity index (χ2v) is 8.68. The minimum absolute atomic E-state index is 0.396. The number of anilines is 1. The van der Waals surface area contributed by atoms with Crippen molar-refractivity contribution in [2.24, 2.45) is 4.36 Å². The van der Waals surface area contributed by atoms with Crippen LogP contribution in [0, 0.1) is 6.92 Å². The van der Waals surface area contributed by atoms with Gasteiger partial charge in [0.15, 0.2) is 9.92 Å². The molecule has 0 aromatic heterocycles. The molecule has 0 heterocycles. The van der Waals surface area contributed by atoms with Crippen molar-refractivity contribution < 1.29 is 9.00 Å². The summed E-state index contributed by atoms with van der Waals surface area (Å²) in [7, 11) is -3.23. The Morgan fingerprint density at radius 2 is 1.45 bits per heavy atom. The molecule has 4 aromatic rings. The molecule has 144 valence electrons. The number of nitrogens with zero attached hydrogens (tertiary/aromatic N) is 1. The number of benzene rings is 4. The number of hydrogen-bond acceptors (Lipinski definition) is 2. The molecular weight excluding hydrogens is 380 g/mol. The van der Waals surface area contributed by atoms with Crippen LogP contribution in [0.5, 0.6) is 0 Å². The highest BCUT2D eigenvalue weighted by Crippen LogP contribution is 2.24. The van der Waals surface area contributed by atoms with E-state index < -0.39 is 15.8 Å². The van der Waals surface area contributed by atoms with E-state index in [0.29, 0.717) is 16.1 Å². The average molecular weight is 401 g/mol. The van der Waals surface area contributed by atoms with E-state index in [1.54, 1.807) is 36.4 Å². The molecule has 4 nitrogen and oxygen atoms in total. The highest BCUT2D eigenvalue weighted by molar-refractivity contribution is 7.95. The zero-order valence-electron chi connectivity index (χ0n) is 15.9. The fraction of sp³-hybridized carbons (Fsp3) is 0.0417. The summed E-state index contributed by atoms with van der Waals surface area (Å²) in [5, 5.41) is 2.09. The Kier molecular flexibility index (Phi) is 5.14. The third-order valence-corrected chi connectivity index (χ3v) is 6.42. The van der Waals surface area contributed by atoms with Gasteiger partial charge in [-0.15, -0.1) is 4.36 Å². The first-order valence-electron chi connectivity index (χ1n) is 9.23. The molecular formula is C24H20N2O2S. The molecule has 5 heteroatoms. The number of rotatable bonds is 4. The molecule has 0 aliphatic heterocycles. The van der Waals surface area contributed by atoms with Crippen LogP contribution >= 0.6 is 0 Å². The van der Waals surface area contributed by atoms with Crippen molar-refractivity contribution in [3.8, 4) is 0 Å². The Morgan fingerprint density at radius 3 is 2.17 bits per heavy atom. The predicted octanol–water partition coefficient (Wildman–Crippen LogP) is 5.84. The van der Waals surface area contributed by atoms with Crippen LogP contribution in [0.2, 0.25) is 0 Å². The largest absolute Gasteiger partial charge is 0.295 e. The summed E-state index contributed by atoms with van der Waals surface area (Å²) in [5.74, 6) is -0.524. The normalized spacial score (nSPS) is 12.9. The average Bonchev–Trinajstić information content (AvgIpc) is 2.74. The molecule has 0 aliphatic carbocycles. The molecule has 0 radical (unpaired) electrons. The molecule has 1 unspecified atom stereocenters. The fourth-order valence-electron chi connectivity index (χ4n) is 3.02. The van der Waals surface area contributed by atoms with Crippen LogP contribution in [-0.4, -0.2) is 10.1 Å². The maximum atomic E-state index is 13.9. The highest BCUT2D eigenvalue weighted by atomic mass is 32.2. The lowest BCUT2D eigenvalue weighted by atomic mass is 10.1. The Morgan fingerprint density at radius 1 is 0.793 bits per heavy atom. The molecule has 0 saturated heterocycles. The van der Waals surface area contributed by atoms with Crippen molar-refractivity contribution in [2.75, 3.05) is 4.72 Å². The quantitative estimate of drug-likeness (QED) is 0.468. The molecule has 0 fully saturated rings. The minimum atomic E-state index is -3.23. The SMILES string of the molecule is Cc1ccc(S(=O)(=NC(=O)c2ccccc2)Nc2ccc3ccccc3c2)cc1. The molecule has 4 aromatic carbocycles. The van der Waals surface area contributed by atoms with Gasteiger partial charge in [0.1, 0.15) is 0 Å². The number of carbonyl (C=O) groups is 1. The van der Waals surface area contributed by atoms with Gasteiger partial charge >= 0.3 is 0 Å². The second-order valence-electron chi connectivity index (χ2n) is 6.77. The number of fused-ring (bicyclic) bond motifs is 1. The summed E-state index contributed by atoms with van der Waals surface area (Å²) in [5.41, 5.74) is 2.07. The molecule has 1 atom stereocenters. The van der Waals surface area contributed by atoms with Crippen LogP contribution in [0.4, 0.5) is 5.69 Å². The first kappa shape index (κ1) is 18.9. The van der Waals surface area contributed by atoms with Crippen LogP contribution in [-0.2, 0) is 9.92 Å².